The van der Waals surface area contributed by atoms with Crippen molar-refractivity contribution in [1.82, 2.24) is 0 Å². The zero-order valence-electron chi connectivity index (χ0n) is 29.5. The second-order valence-electron chi connectivity index (χ2n) is 11.1. The first-order valence-corrected chi connectivity index (χ1v) is 17.8. The number of para-hydroxylation sites is 1. The molecule has 2 aliphatic rings. The van der Waals surface area contributed by atoms with Gasteiger partial charge in [-0.25, -0.2) is 21.6 Å². The van der Waals surface area contributed by atoms with Crippen LogP contribution >= 0.6 is 0 Å². The predicted molar refractivity (Wildman–Crippen MR) is 189 cm³/mol. The Bertz CT molecular complexity index is 2710. The molecule has 56 heavy (non-hydrogen) atoms. The molecule has 0 spiro atoms. The fraction of sp³-hybridized carbons (Fsp3) is 0. The molecule has 2 amide bonds. The van der Waals surface area contributed by atoms with E-state index in [1.165, 1.54) is 60.7 Å². The number of carbonyl (C=O) groups excluding carboxylic acids is 4. The zero-order valence-corrected chi connectivity index (χ0v) is 37.1. The molecule has 2 aliphatic carbocycles. The number of allylic oxidation sites excluding steroid dienone is 1. The smallest absolute Gasteiger partial charge is 0.744 e. The van der Waals surface area contributed by atoms with Crippen molar-refractivity contribution < 1.29 is 139 Å². The van der Waals surface area contributed by atoms with Crippen molar-refractivity contribution in [2.75, 3.05) is 21.5 Å². The molecule has 0 saturated carbocycles. The molecule has 17 nitrogen and oxygen atoms in total. The molecular weight excluding hydrogens is 802 g/mol. The summed E-state index contributed by atoms with van der Waals surface area (Å²) < 4.78 is 73.2. The number of anilines is 4. The van der Waals surface area contributed by atoms with Crippen LogP contribution in [0.5, 0.6) is 0 Å². The number of ketones is 2. The Morgan fingerprint density at radius 1 is 0.625 bits per heavy atom. The van der Waals surface area contributed by atoms with Crippen LogP contribution in [0.15, 0.2) is 106 Å². The van der Waals surface area contributed by atoms with Crippen molar-refractivity contribution >= 4 is 95.0 Å². The number of hydrogen-bond acceptors (Lipinski definition) is 15. The Hall–Kier alpha value is -3.80. The monoisotopic (exact) mass is 822 g/mol. The van der Waals surface area contributed by atoms with Crippen LogP contribution in [0.1, 0.15) is 26.3 Å². The molecule has 0 unspecified atom stereocenters. The number of benzene rings is 4. The Balaban J connectivity index is 0.00000280. The first kappa shape index (κ1) is 46.6. The second kappa shape index (κ2) is 19.1. The molecule has 268 valence electrons. The number of aromatic carboxylic acids is 1. The number of urea groups is 1. The fourth-order valence-corrected chi connectivity index (χ4v) is 6.70. The SMILES string of the molecule is O=C(Nc1ccc2c(c1)C=C(S(=O)(=O)[O-])/C(=N/Nc1ccccc1)C2=O)Nc1ccc2c(c1)=CC(=O)/C(=N/Nc1ccc(C(=O)[O-])cc1)C=2S(=O)(=O)[O-].[Na+].[Na+].[Na+]. The molecule has 0 saturated heterocycles. The first-order chi connectivity index (χ1) is 25.1. The Morgan fingerprint density at radius 2 is 1.18 bits per heavy atom. The van der Waals surface area contributed by atoms with Gasteiger partial charge < -0.3 is 29.6 Å². The molecule has 0 fully saturated rings. The maximum Gasteiger partial charge on any atom is 1.00 e. The minimum absolute atomic E-state index is 0. The number of nitrogens with zero attached hydrogens (tertiary/aromatic N) is 2. The van der Waals surface area contributed by atoms with Crippen molar-refractivity contribution in [3.63, 3.8) is 0 Å². The summed E-state index contributed by atoms with van der Waals surface area (Å²) in [7, 11) is -10.5. The van der Waals surface area contributed by atoms with E-state index in [9.17, 15) is 50.2 Å². The molecule has 4 N–H and O–H groups in total. The summed E-state index contributed by atoms with van der Waals surface area (Å²) in [5.41, 5.74) is 4.20. The summed E-state index contributed by atoms with van der Waals surface area (Å²) in [4.78, 5) is 48.3. The number of carbonyl (C=O) groups is 4. The third-order valence-electron chi connectivity index (χ3n) is 7.59. The van der Waals surface area contributed by atoms with Gasteiger partial charge in [0.2, 0.25) is 11.6 Å². The van der Waals surface area contributed by atoms with Gasteiger partial charge in [-0.1, -0.05) is 36.4 Å². The minimum atomic E-state index is -5.29. The van der Waals surface area contributed by atoms with Crippen LogP contribution < -0.4 is 126 Å². The van der Waals surface area contributed by atoms with Crippen LogP contribution in [0.3, 0.4) is 0 Å². The summed E-state index contributed by atoms with van der Waals surface area (Å²) in [5.74, 6) is -3.26. The van der Waals surface area contributed by atoms with Crippen molar-refractivity contribution in [2.45, 2.75) is 0 Å². The number of carboxylic acids is 1. The molecule has 6 rings (SSSR count). The van der Waals surface area contributed by atoms with E-state index in [4.69, 9.17) is 0 Å². The third-order valence-corrected chi connectivity index (χ3v) is 9.35. The normalized spacial score (nSPS) is 14.7. The van der Waals surface area contributed by atoms with Crippen LogP contribution in [0.2, 0.25) is 0 Å². The zero-order chi connectivity index (χ0) is 38.1. The van der Waals surface area contributed by atoms with Crippen LogP contribution in [-0.4, -0.2) is 60.9 Å². The number of rotatable bonds is 9. The van der Waals surface area contributed by atoms with E-state index in [2.05, 4.69) is 31.7 Å². The quantitative estimate of drug-likeness (QED) is 0.0695. The summed E-state index contributed by atoms with van der Waals surface area (Å²) >= 11 is 0. The second-order valence-corrected chi connectivity index (χ2v) is 13.8. The maximum atomic E-state index is 13.2. The third kappa shape index (κ3) is 10.8. The number of hydrogen-bond donors (Lipinski definition) is 4. The molecule has 0 radical (unpaired) electrons. The summed E-state index contributed by atoms with van der Waals surface area (Å²) in [6.45, 7) is 0. The van der Waals surface area contributed by atoms with Gasteiger partial charge in [-0.05, 0) is 83.1 Å². The fourth-order valence-electron chi connectivity index (χ4n) is 5.21. The van der Waals surface area contributed by atoms with E-state index >= 15 is 0 Å². The van der Waals surface area contributed by atoms with Gasteiger partial charge in [0.25, 0.3) is 0 Å². The average Bonchev–Trinajstić information content (AvgIpc) is 3.09. The molecular formula is C34H21N6Na3O11S2. The van der Waals surface area contributed by atoms with E-state index in [0.29, 0.717) is 5.69 Å². The Morgan fingerprint density at radius 3 is 1.77 bits per heavy atom. The van der Waals surface area contributed by atoms with Gasteiger partial charge in [-0.15, -0.1) is 0 Å². The van der Waals surface area contributed by atoms with Crippen molar-refractivity contribution in [1.29, 1.82) is 0 Å². The van der Waals surface area contributed by atoms with Gasteiger partial charge in [0, 0.05) is 22.2 Å². The Labute approximate surface area is 384 Å². The molecule has 0 aromatic heterocycles. The van der Waals surface area contributed by atoms with E-state index in [1.54, 1.807) is 30.3 Å². The minimum Gasteiger partial charge on any atom is -0.744 e. The van der Waals surface area contributed by atoms with E-state index in [0.717, 1.165) is 12.2 Å². The van der Waals surface area contributed by atoms with Crippen LogP contribution in [0.25, 0.3) is 17.1 Å². The number of fused-ring (bicyclic) bond motifs is 2. The molecule has 0 heterocycles. The standard InChI is InChI=1S/C34H24N6O11S2.3Na/c41-27-16-19-14-24(11-13-26(19)32(53(49,50)51)29(27)39-38-22-8-6-18(7-9-22)33(43)44)36-34(45)35-23-10-12-25-20(15-23)17-28(52(46,47)48)30(31(25)42)40-37-21-4-2-1-3-5-21;;;/h1-17,37-38H,(H,43,44)(H2,35,36,45)(H,46,47,48)(H,49,50,51);;;/q;3*+1/p-3/b39-29-,40-30-;;;. The van der Waals surface area contributed by atoms with E-state index in [1.807, 2.05) is 0 Å². The molecule has 0 aliphatic heterocycles. The summed E-state index contributed by atoms with van der Waals surface area (Å²) in [5, 5.41) is 23.4. The van der Waals surface area contributed by atoms with Gasteiger partial charge >= 0.3 is 94.7 Å². The number of hydrazone groups is 2. The summed E-state index contributed by atoms with van der Waals surface area (Å²) in [6.07, 6.45) is 1.95. The van der Waals surface area contributed by atoms with Gasteiger partial charge in [0.15, 0.2) is 0 Å². The number of nitrogens with one attached hydrogen (secondary N) is 4. The average molecular weight is 823 g/mol. The number of carboxylic acid groups (broad SMARTS) is 1. The van der Waals surface area contributed by atoms with Gasteiger partial charge in [-0.2, -0.15) is 10.2 Å². The maximum absolute atomic E-state index is 13.2. The van der Waals surface area contributed by atoms with Crippen molar-refractivity contribution in [3.8, 4) is 0 Å². The van der Waals surface area contributed by atoms with Gasteiger partial charge in [-0.3, -0.25) is 20.4 Å². The predicted octanol–water partition coefficient (Wildman–Crippen LogP) is -8.26. The van der Waals surface area contributed by atoms with Crippen LogP contribution in [0, 0.1) is 0 Å². The molecule has 4 aromatic carbocycles. The number of Topliss-reactive ketones (excluding diaryl/α,β-unsaturated/α-hetero) is 2. The van der Waals surface area contributed by atoms with Crippen molar-refractivity contribution in [2.24, 2.45) is 10.2 Å². The van der Waals surface area contributed by atoms with Crippen LogP contribution in [-0.2, 0) is 25.0 Å². The van der Waals surface area contributed by atoms with Crippen molar-refractivity contribution in [3.05, 3.63) is 123 Å². The van der Waals surface area contributed by atoms with E-state index < -0.39 is 65.0 Å². The largest absolute Gasteiger partial charge is 1.00 e. The summed E-state index contributed by atoms with van der Waals surface area (Å²) in [6, 6.07) is 19.9. The van der Waals surface area contributed by atoms with E-state index in [-0.39, 0.29) is 133 Å². The van der Waals surface area contributed by atoms with Gasteiger partial charge in [0.05, 0.1) is 27.2 Å². The molecule has 0 atom stereocenters. The Kier molecular flexibility index (Phi) is 15.9. The molecule has 4 aromatic rings. The number of amides is 2. The molecule has 0 bridgehead atoms. The van der Waals surface area contributed by atoms with Gasteiger partial charge in [0.1, 0.15) is 31.7 Å². The van der Waals surface area contributed by atoms with Crippen LogP contribution in [0.4, 0.5) is 27.5 Å². The topological polar surface area (TPSA) is 279 Å². The first-order valence-electron chi connectivity index (χ1n) is 14.9. The molecule has 22 heteroatoms.